The van der Waals surface area contributed by atoms with Gasteiger partial charge in [-0.15, -0.1) is 0 Å². The van der Waals surface area contributed by atoms with Crippen molar-refractivity contribution in [3.63, 3.8) is 0 Å². The SMILES string of the molecule is CCCCCCCCCC[C@](C)(F)C(=O)Oc1ccc(-c2cnc(-c3ccc(OC[C@@H](F)CCCC)cc3)nc2)cc1. The zero-order valence-corrected chi connectivity index (χ0v) is 25.4. The molecule has 42 heavy (non-hydrogen) atoms. The van der Waals surface area contributed by atoms with Crippen LogP contribution in [-0.2, 0) is 4.79 Å². The van der Waals surface area contributed by atoms with E-state index in [1.807, 2.05) is 19.1 Å². The number of rotatable bonds is 19. The first kappa shape index (κ1) is 33.2. The number of alkyl halides is 2. The predicted octanol–water partition coefficient (Wildman–Crippen LogP) is 9.88. The largest absolute Gasteiger partial charge is 0.491 e. The molecule has 0 spiro atoms. The van der Waals surface area contributed by atoms with Crippen molar-refractivity contribution >= 4 is 5.97 Å². The van der Waals surface area contributed by atoms with Crippen molar-refractivity contribution in [3.05, 3.63) is 60.9 Å². The summed E-state index contributed by atoms with van der Waals surface area (Å²) in [5, 5.41) is 0. The zero-order valence-electron chi connectivity index (χ0n) is 25.4. The molecule has 3 rings (SSSR count). The molecule has 5 nitrogen and oxygen atoms in total. The number of benzene rings is 2. The van der Waals surface area contributed by atoms with Crippen LogP contribution in [0.5, 0.6) is 11.5 Å². The number of unbranched alkanes of at least 4 members (excludes halogenated alkanes) is 8. The predicted molar refractivity (Wildman–Crippen MR) is 165 cm³/mol. The van der Waals surface area contributed by atoms with Crippen LogP contribution in [0.4, 0.5) is 8.78 Å². The molecule has 2 aromatic carbocycles. The third kappa shape index (κ3) is 11.1. The Balaban J connectivity index is 1.46. The van der Waals surface area contributed by atoms with E-state index in [4.69, 9.17) is 9.47 Å². The second-order valence-electron chi connectivity index (χ2n) is 11.2. The van der Waals surface area contributed by atoms with E-state index in [2.05, 4.69) is 16.9 Å². The molecule has 0 N–H and O–H groups in total. The molecule has 3 aromatic rings. The van der Waals surface area contributed by atoms with Crippen LogP contribution < -0.4 is 9.47 Å². The first-order valence-electron chi connectivity index (χ1n) is 15.5. The van der Waals surface area contributed by atoms with Crippen LogP contribution in [0.2, 0.25) is 0 Å². The van der Waals surface area contributed by atoms with E-state index in [1.165, 1.54) is 39.0 Å². The minimum Gasteiger partial charge on any atom is -0.491 e. The second kappa shape index (κ2) is 17.6. The van der Waals surface area contributed by atoms with Gasteiger partial charge in [-0.1, -0.05) is 83.8 Å². The van der Waals surface area contributed by atoms with Crippen LogP contribution in [0.15, 0.2) is 60.9 Å². The minimum absolute atomic E-state index is 0.0505. The van der Waals surface area contributed by atoms with Crippen molar-refractivity contribution in [3.8, 4) is 34.0 Å². The third-order valence-corrected chi connectivity index (χ3v) is 7.39. The van der Waals surface area contributed by atoms with Crippen LogP contribution in [0.1, 0.15) is 97.8 Å². The van der Waals surface area contributed by atoms with Crippen molar-refractivity contribution in [2.75, 3.05) is 6.61 Å². The molecule has 7 heteroatoms. The van der Waals surface area contributed by atoms with E-state index in [-0.39, 0.29) is 13.0 Å². The van der Waals surface area contributed by atoms with Crippen molar-refractivity contribution in [1.29, 1.82) is 0 Å². The van der Waals surface area contributed by atoms with Gasteiger partial charge in [0.25, 0.3) is 0 Å². The lowest BCUT2D eigenvalue weighted by Crippen LogP contribution is -2.34. The molecule has 0 saturated heterocycles. The van der Waals surface area contributed by atoms with Crippen molar-refractivity contribution < 1.29 is 23.0 Å². The number of hydrogen-bond acceptors (Lipinski definition) is 5. The number of halogens is 2. The highest BCUT2D eigenvalue weighted by Crippen LogP contribution is 2.27. The summed E-state index contributed by atoms with van der Waals surface area (Å²) >= 11 is 0. The van der Waals surface area contributed by atoms with Gasteiger partial charge >= 0.3 is 5.97 Å². The van der Waals surface area contributed by atoms with Crippen molar-refractivity contribution in [2.24, 2.45) is 0 Å². The molecular weight excluding hydrogens is 534 g/mol. The number of aromatic nitrogens is 2. The first-order chi connectivity index (χ1) is 20.3. The Kier molecular flexibility index (Phi) is 13.9. The first-order valence-corrected chi connectivity index (χ1v) is 15.5. The quantitative estimate of drug-likeness (QED) is 0.0802. The van der Waals surface area contributed by atoms with Gasteiger partial charge in [0.15, 0.2) is 5.82 Å². The fourth-order valence-electron chi connectivity index (χ4n) is 4.64. The summed E-state index contributed by atoms with van der Waals surface area (Å²) in [7, 11) is 0. The smallest absolute Gasteiger partial charge is 0.348 e. The molecule has 228 valence electrons. The average molecular weight is 581 g/mol. The molecule has 2 atom stereocenters. The highest BCUT2D eigenvalue weighted by atomic mass is 19.1. The molecular formula is C35H46F2N2O3. The van der Waals surface area contributed by atoms with Gasteiger partial charge in [-0.25, -0.2) is 23.5 Å². The van der Waals surface area contributed by atoms with Gasteiger partial charge in [-0.05, 0) is 68.1 Å². The van der Waals surface area contributed by atoms with Gasteiger partial charge in [-0.2, -0.15) is 0 Å². The van der Waals surface area contributed by atoms with Crippen LogP contribution >= 0.6 is 0 Å². The molecule has 0 unspecified atom stereocenters. The number of ether oxygens (including phenoxy) is 2. The fourth-order valence-corrected chi connectivity index (χ4v) is 4.64. The molecule has 0 fully saturated rings. The lowest BCUT2D eigenvalue weighted by Gasteiger charge is -2.18. The number of nitrogens with zero attached hydrogens (tertiary/aromatic N) is 2. The van der Waals surface area contributed by atoms with Gasteiger partial charge in [0.05, 0.1) is 0 Å². The maximum atomic E-state index is 15.0. The van der Waals surface area contributed by atoms with Gasteiger partial charge < -0.3 is 9.47 Å². The summed E-state index contributed by atoms with van der Waals surface area (Å²) in [5.41, 5.74) is 0.442. The summed E-state index contributed by atoms with van der Waals surface area (Å²) in [6, 6.07) is 14.2. The molecule has 1 heterocycles. The summed E-state index contributed by atoms with van der Waals surface area (Å²) in [4.78, 5) is 21.4. The lowest BCUT2D eigenvalue weighted by atomic mass is 9.99. The Morgan fingerprint density at radius 2 is 1.31 bits per heavy atom. The lowest BCUT2D eigenvalue weighted by molar-refractivity contribution is -0.147. The van der Waals surface area contributed by atoms with E-state index in [0.29, 0.717) is 30.2 Å². The van der Waals surface area contributed by atoms with Gasteiger partial charge in [0.2, 0.25) is 5.67 Å². The molecule has 0 radical (unpaired) electrons. The highest BCUT2D eigenvalue weighted by Gasteiger charge is 2.34. The van der Waals surface area contributed by atoms with Crippen LogP contribution in [0, 0.1) is 0 Å². The van der Waals surface area contributed by atoms with Gasteiger partial charge in [-0.3, -0.25) is 0 Å². The van der Waals surface area contributed by atoms with Gasteiger partial charge in [0, 0.05) is 23.5 Å². The summed E-state index contributed by atoms with van der Waals surface area (Å²) in [6.45, 7) is 5.59. The Morgan fingerprint density at radius 1 is 0.762 bits per heavy atom. The van der Waals surface area contributed by atoms with E-state index in [0.717, 1.165) is 42.4 Å². The van der Waals surface area contributed by atoms with Crippen LogP contribution in [0.3, 0.4) is 0 Å². The zero-order chi connectivity index (χ0) is 30.2. The standard InChI is InChI=1S/C35H46F2N2O3/c1-4-6-8-9-10-11-12-13-23-35(3,37)34(40)42-32-21-15-27(16-22-32)29-24-38-33(39-25-29)28-17-19-31(20-18-28)41-26-30(36)14-7-5-2/h15-22,24-25,30H,4-14,23,26H2,1-3H3/t30-,35-/m0/s1. The van der Waals surface area contributed by atoms with Gasteiger partial charge in [0.1, 0.15) is 24.3 Å². The number of carbonyl (C=O) groups is 1. The molecule has 0 saturated carbocycles. The van der Waals surface area contributed by atoms with E-state index in [1.54, 1.807) is 48.8 Å². The molecule has 0 amide bonds. The maximum absolute atomic E-state index is 15.0. The average Bonchev–Trinajstić information content (AvgIpc) is 3.01. The fraction of sp³-hybridized carbons (Fsp3) is 0.514. The van der Waals surface area contributed by atoms with Crippen LogP contribution in [0.25, 0.3) is 22.5 Å². The number of esters is 1. The molecule has 0 bridgehead atoms. The molecule has 0 aliphatic rings. The number of hydrogen-bond donors (Lipinski definition) is 0. The Morgan fingerprint density at radius 3 is 1.93 bits per heavy atom. The molecule has 1 aromatic heterocycles. The van der Waals surface area contributed by atoms with Crippen molar-refractivity contribution in [1.82, 2.24) is 9.97 Å². The Hall–Kier alpha value is -3.35. The highest BCUT2D eigenvalue weighted by molar-refractivity contribution is 5.81. The van der Waals surface area contributed by atoms with E-state index >= 15 is 0 Å². The molecule has 0 aliphatic heterocycles. The second-order valence-corrected chi connectivity index (χ2v) is 11.2. The maximum Gasteiger partial charge on any atom is 0.348 e. The minimum atomic E-state index is -2.01. The topological polar surface area (TPSA) is 61.3 Å². The Bertz CT molecular complexity index is 1180. The summed E-state index contributed by atoms with van der Waals surface area (Å²) in [5.74, 6) is 0.605. The molecule has 0 aliphatic carbocycles. The summed E-state index contributed by atoms with van der Waals surface area (Å²) < 4.78 is 39.7. The normalized spacial score (nSPS) is 13.4. The monoisotopic (exact) mass is 580 g/mol. The van der Waals surface area contributed by atoms with Crippen LogP contribution in [-0.4, -0.2) is 34.4 Å². The van der Waals surface area contributed by atoms with E-state index in [9.17, 15) is 13.6 Å². The van der Waals surface area contributed by atoms with Crippen molar-refractivity contribution in [2.45, 2.75) is 110 Å². The number of carbonyl (C=O) groups excluding carboxylic acids is 1. The van der Waals surface area contributed by atoms with E-state index < -0.39 is 17.8 Å². The third-order valence-electron chi connectivity index (χ3n) is 7.39. The summed E-state index contributed by atoms with van der Waals surface area (Å²) in [6.07, 6.45) is 13.8. The Labute approximate surface area is 250 Å².